The Morgan fingerprint density at radius 3 is 2.71 bits per heavy atom. The molecule has 1 aliphatic heterocycles. The molecule has 7 heteroatoms. The zero-order valence-corrected chi connectivity index (χ0v) is 13.3. The van der Waals surface area contributed by atoms with E-state index >= 15 is 0 Å². The molecule has 0 aliphatic carbocycles. The van der Waals surface area contributed by atoms with Crippen molar-refractivity contribution < 1.29 is 14.3 Å². The predicted octanol–water partition coefficient (Wildman–Crippen LogP) is 2.05. The van der Waals surface area contributed by atoms with Gasteiger partial charge >= 0.3 is 5.97 Å². The highest BCUT2D eigenvalue weighted by Crippen LogP contribution is 2.22. The summed E-state index contributed by atoms with van der Waals surface area (Å²) >= 11 is 1.36. The monoisotopic (exact) mass is 311 g/mol. The summed E-state index contributed by atoms with van der Waals surface area (Å²) in [5, 5.41) is 3.59. The maximum absolute atomic E-state index is 12.0. The first-order valence-corrected chi connectivity index (χ1v) is 8.09. The van der Waals surface area contributed by atoms with Gasteiger partial charge in [-0.2, -0.15) is 0 Å². The molecule has 0 radical (unpaired) electrons. The van der Waals surface area contributed by atoms with Crippen LogP contribution in [0.5, 0.6) is 0 Å². The minimum absolute atomic E-state index is 0.0836. The maximum atomic E-state index is 12.0. The van der Waals surface area contributed by atoms with E-state index in [1.807, 2.05) is 11.8 Å². The fourth-order valence-corrected chi connectivity index (χ4v) is 3.06. The Hall–Kier alpha value is -1.63. The summed E-state index contributed by atoms with van der Waals surface area (Å²) in [5.41, 5.74) is 0.328. The summed E-state index contributed by atoms with van der Waals surface area (Å²) in [6, 6.07) is 0. The first kappa shape index (κ1) is 15.8. The van der Waals surface area contributed by atoms with Gasteiger partial charge in [-0.15, -0.1) is 11.3 Å². The molecule has 1 amide bonds. The quantitative estimate of drug-likeness (QED) is 0.843. The van der Waals surface area contributed by atoms with Crippen LogP contribution in [0.25, 0.3) is 0 Å². The van der Waals surface area contributed by atoms with E-state index < -0.39 is 5.97 Å². The number of aromatic nitrogens is 1. The molecule has 6 nitrogen and oxygen atoms in total. The first-order valence-electron chi connectivity index (χ1n) is 7.28. The highest BCUT2D eigenvalue weighted by Gasteiger charge is 2.19. The zero-order valence-electron chi connectivity index (χ0n) is 12.5. The van der Waals surface area contributed by atoms with Crippen LogP contribution in [0.2, 0.25) is 0 Å². The summed E-state index contributed by atoms with van der Waals surface area (Å²) < 4.78 is 4.95. The minimum Gasteiger partial charge on any atom is -0.461 e. The number of aryl methyl sites for hydroxylation is 1. The van der Waals surface area contributed by atoms with Crippen molar-refractivity contribution in [1.82, 2.24) is 9.88 Å². The van der Waals surface area contributed by atoms with Crippen molar-refractivity contribution in [3.63, 3.8) is 0 Å². The van der Waals surface area contributed by atoms with Gasteiger partial charge in [-0.05, 0) is 33.1 Å². The van der Waals surface area contributed by atoms with Gasteiger partial charge in [0, 0.05) is 18.0 Å². The lowest BCUT2D eigenvalue weighted by Crippen LogP contribution is -2.39. The summed E-state index contributed by atoms with van der Waals surface area (Å²) in [5.74, 6) is -0.332. The fraction of sp³-hybridized carbons (Fsp3) is 0.643. The van der Waals surface area contributed by atoms with Crippen molar-refractivity contribution in [2.75, 3.05) is 31.6 Å². The van der Waals surface area contributed by atoms with E-state index in [0.717, 1.165) is 30.8 Å². The van der Waals surface area contributed by atoms with E-state index in [2.05, 4.69) is 10.3 Å². The lowest BCUT2D eigenvalue weighted by molar-refractivity contribution is -0.130. The van der Waals surface area contributed by atoms with Gasteiger partial charge in [-0.25, -0.2) is 9.78 Å². The van der Waals surface area contributed by atoms with Crippen LogP contribution in [0.4, 0.5) is 5.13 Å². The number of anilines is 1. The topological polar surface area (TPSA) is 71.5 Å². The van der Waals surface area contributed by atoms with Gasteiger partial charge in [0.1, 0.15) is 0 Å². The Kier molecular flexibility index (Phi) is 5.55. The normalized spacial score (nSPS) is 14.9. The van der Waals surface area contributed by atoms with Gasteiger partial charge in [-0.3, -0.25) is 4.79 Å². The van der Waals surface area contributed by atoms with Crippen molar-refractivity contribution in [2.24, 2.45) is 0 Å². The van der Waals surface area contributed by atoms with Crippen LogP contribution >= 0.6 is 11.3 Å². The van der Waals surface area contributed by atoms with Crippen LogP contribution < -0.4 is 5.32 Å². The number of amides is 1. The van der Waals surface area contributed by atoms with Gasteiger partial charge in [0.2, 0.25) is 5.91 Å². The standard InChI is InChI=1S/C14H21N3O3S/c1-3-20-13(19)12-10(2)21-14(16-12)15-9-11(18)17-7-5-4-6-8-17/h3-9H2,1-2H3,(H,15,16). The molecule has 21 heavy (non-hydrogen) atoms. The molecule has 1 aromatic heterocycles. The Balaban J connectivity index is 1.89. The number of hydrogen-bond donors (Lipinski definition) is 1. The number of nitrogens with one attached hydrogen (secondary N) is 1. The number of likely N-dealkylation sites (tertiary alicyclic amines) is 1. The molecule has 1 aromatic rings. The number of hydrogen-bond acceptors (Lipinski definition) is 6. The second-order valence-electron chi connectivity index (χ2n) is 4.94. The van der Waals surface area contributed by atoms with Crippen molar-refractivity contribution >= 4 is 28.3 Å². The Labute approximate surface area is 128 Å². The molecule has 0 aromatic carbocycles. The van der Waals surface area contributed by atoms with Crippen LogP contribution in [0.1, 0.15) is 41.6 Å². The molecule has 2 heterocycles. The lowest BCUT2D eigenvalue weighted by Gasteiger charge is -2.26. The number of nitrogens with zero attached hydrogens (tertiary/aromatic N) is 2. The Bertz CT molecular complexity index is 510. The molecule has 0 bridgehead atoms. The second-order valence-corrected chi connectivity index (χ2v) is 6.14. The molecule has 1 fully saturated rings. The zero-order chi connectivity index (χ0) is 15.2. The predicted molar refractivity (Wildman–Crippen MR) is 81.7 cm³/mol. The van der Waals surface area contributed by atoms with Gasteiger partial charge < -0.3 is 15.0 Å². The highest BCUT2D eigenvalue weighted by molar-refractivity contribution is 7.15. The van der Waals surface area contributed by atoms with E-state index in [-0.39, 0.29) is 12.5 Å². The van der Waals surface area contributed by atoms with Gasteiger partial charge in [0.05, 0.1) is 13.2 Å². The van der Waals surface area contributed by atoms with Crippen molar-refractivity contribution in [3.8, 4) is 0 Å². The fourth-order valence-electron chi connectivity index (χ4n) is 2.27. The average molecular weight is 311 g/mol. The lowest BCUT2D eigenvalue weighted by atomic mass is 10.1. The van der Waals surface area contributed by atoms with Gasteiger partial charge in [0.25, 0.3) is 0 Å². The van der Waals surface area contributed by atoms with E-state index in [4.69, 9.17) is 4.74 Å². The number of esters is 1. The largest absolute Gasteiger partial charge is 0.461 e. The van der Waals surface area contributed by atoms with E-state index in [1.165, 1.54) is 17.8 Å². The first-order chi connectivity index (χ1) is 10.1. The molecule has 0 spiro atoms. The number of rotatable bonds is 5. The molecule has 1 saturated heterocycles. The Morgan fingerprint density at radius 1 is 1.33 bits per heavy atom. The minimum atomic E-state index is -0.415. The van der Waals surface area contributed by atoms with Crippen molar-refractivity contribution in [2.45, 2.75) is 33.1 Å². The van der Waals surface area contributed by atoms with Gasteiger partial charge in [-0.1, -0.05) is 0 Å². The SMILES string of the molecule is CCOC(=O)c1nc(NCC(=O)N2CCCCC2)sc1C. The number of ether oxygens (including phenoxy) is 1. The molecule has 116 valence electrons. The summed E-state index contributed by atoms with van der Waals surface area (Å²) in [4.78, 5) is 30.6. The summed E-state index contributed by atoms with van der Waals surface area (Å²) in [6.07, 6.45) is 3.36. The smallest absolute Gasteiger partial charge is 0.358 e. The number of piperidine rings is 1. The van der Waals surface area contributed by atoms with Crippen LogP contribution in [0.3, 0.4) is 0 Å². The van der Waals surface area contributed by atoms with E-state index in [0.29, 0.717) is 17.4 Å². The molecule has 1 N–H and O–H groups in total. The number of carbonyl (C=O) groups excluding carboxylic acids is 2. The summed E-state index contributed by atoms with van der Waals surface area (Å²) in [6.45, 7) is 5.80. The highest BCUT2D eigenvalue weighted by atomic mass is 32.1. The molecular formula is C14H21N3O3S. The third-order valence-corrected chi connectivity index (χ3v) is 4.29. The van der Waals surface area contributed by atoms with Crippen molar-refractivity contribution in [3.05, 3.63) is 10.6 Å². The Morgan fingerprint density at radius 2 is 2.05 bits per heavy atom. The number of thiazole rings is 1. The molecule has 2 rings (SSSR count). The molecular weight excluding hydrogens is 290 g/mol. The third-order valence-electron chi connectivity index (χ3n) is 3.36. The van der Waals surface area contributed by atoms with Crippen LogP contribution in [0.15, 0.2) is 0 Å². The molecule has 0 unspecified atom stereocenters. The molecule has 0 atom stereocenters. The van der Waals surface area contributed by atoms with Gasteiger partial charge in [0.15, 0.2) is 10.8 Å². The van der Waals surface area contributed by atoms with E-state index in [1.54, 1.807) is 6.92 Å². The van der Waals surface area contributed by atoms with Crippen LogP contribution in [0, 0.1) is 6.92 Å². The number of carbonyl (C=O) groups is 2. The third kappa shape index (κ3) is 4.17. The average Bonchev–Trinajstić information content (AvgIpc) is 2.87. The molecule has 0 saturated carbocycles. The second kappa shape index (κ2) is 7.40. The van der Waals surface area contributed by atoms with Crippen molar-refractivity contribution in [1.29, 1.82) is 0 Å². The van der Waals surface area contributed by atoms with E-state index in [9.17, 15) is 9.59 Å². The summed E-state index contributed by atoms with van der Waals surface area (Å²) in [7, 11) is 0. The maximum Gasteiger partial charge on any atom is 0.358 e. The van der Waals surface area contributed by atoms with Crippen LogP contribution in [-0.2, 0) is 9.53 Å². The molecule has 1 aliphatic rings. The van der Waals surface area contributed by atoms with Crippen LogP contribution in [-0.4, -0.2) is 48.0 Å².